The van der Waals surface area contributed by atoms with Crippen molar-refractivity contribution in [3.05, 3.63) is 23.8 Å². The molecule has 0 radical (unpaired) electrons. The molecule has 1 aromatic rings. The molecule has 1 rings (SSSR count). The van der Waals surface area contributed by atoms with Crippen LogP contribution >= 0.6 is 0 Å². The molecule has 1 atom stereocenters. The van der Waals surface area contributed by atoms with Crippen LogP contribution in [0, 0.1) is 0 Å². The molecule has 1 aromatic carbocycles. The van der Waals surface area contributed by atoms with Crippen molar-refractivity contribution in [2.24, 2.45) is 0 Å². The summed E-state index contributed by atoms with van der Waals surface area (Å²) >= 11 is 0. The number of rotatable bonds is 4. The number of hydrogen-bond acceptors (Lipinski definition) is 3. The van der Waals surface area contributed by atoms with E-state index in [1.54, 1.807) is 12.1 Å². The summed E-state index contributed by atoms with van der Waals surface area (Å²) in [5, 5.41) is 28.4. The summed E-state index contributed by atoms with van der Waals surface area (Å²) in [7, 11) is 0. The summed E-state index contributed by atoms with van der Waals surface area (Å²) in [5.41, 5.74) is 0.401. The molecule has 14 heavy (non-hydrogen) atoms. The van der Waals surface area contributed by atoms with Gasteiger partial charge in [-0.15, -0.1) is 0 Å². The van der Waals surface area contributed by atoms with E-state index in [2.05, 4.69) is 0 Å². The van der Waals surface area contributed by atoms with Gasteiger partial charge in [0.05, 0.1) is 6.10 Å². The van der Waals surface area contributed by atoms with E-state index in [0.29, 0.717) is 12.0 Å². The van der Waals surface area contributed by atoms with E-state index < -0.39 is 6.10 Å². The van der Waals surface area contributed by atoms with E-state index in [9.17, 15) is 15.3 Å². The summed E-state index contributed by atoms with van der Waals surface area (Å²) in [6.45, 7) is 2.04. The van der Waals surface area contributed by atoms with E-state index >= 15 is 0 Å². The number of phenolic OH excluding ortho intramolecular Hbond substituents is 2. The van der Waals surface area contributed by atoms with Gasteiger partial charge in [0.2, 0.25) is 0 Å². The van der Waals surface area contributed by atoms with Crippen LogP contribution in [0.15, 0.2) is 18.2 Å². The van der Waals surface area contributed by atoms with Crippen molar-refractivity contribution in [1.29, 1.82) is 0 Å². The topological polar surface area (TPSA) is 60.7 Å². The average Bonchev–Trinajstić information content (AvgIpc) is 2.18. The Balaban J connectivity index is 2.79. The lowest BCUT2D eigenvalue weighted by atomic mass is 10.0. The van der Waals surface area contributed by atoms with E-state index in [0.717, 1.165) is 12.8 Å². The molecule has 0 aromatic heterocycles. The highest BCUT2D eigenvalue weighted by molar-refractivity contribution is 5.45. The Bertz CT molecular complexity index is 297. The smallest absolute Gasteiger partial charge is 0.163 e. The SMILES string of the molecule is CCCCC(O)c1cccc(O)c1O. The number of para-hydroxylation sites is 1. The minimum Gasteiger partial charge on any atom is -0.504 e. The standard InChI is InChI=1S/C11H16O3/c1-2-3-6-9(12)8-5-4-7-10(13)11(8)14/h4-5,7,9,12-14H,2-3,6H2,1H3. The fraction of sp³-hybridized carbons (Fsp3) is 0.455. The molecule has 0 aliphatic heterocycles. The van der Waals surface area contributed by atoms with Crippen LogP contribution in [0.25, 0.3) is 0 Å². The third-order valence-corrected chi connectivity index (χ3v) is 2.24. The highest BCUT2D eigenvalue weighted by Gasteiger charge is 2.13. The maximum Gasteiger partial charge on any atom is 0.163 e. The number of unbranched alkanes of at least 4 members (excludes halogenated alkanes) is 1. The molecule has 3 N–H and O–H groups in total. The molecule has 78 valence electrons. The lowest BCUT2D eigenvalue weighted by Crippen LogP contribution is -1.97. The molecule has 0 bridgehead atoms. The number of aromatic hydroxyl groups is 2. The normalized spacial score (nSPS) is 12.7. The first-order valence-electron chi connectivity index (χ1n) is 4.85. The van der Waals surface area contributed by atoms with Crippen molar-refractivity contribution in [2.45, 2.75) is 32.3 Å². The number of hydrogen-bond donors (Lipinski definition) is 3. The van der Waals surface area contributed by atoms with E-state index in [1.807, 2.05) is 6.92 Å². The summed E-state index contributed by atoms with van der Waals surface area (Å²) in [4.78, 5) is 0. The van der Waals surface area contributed by atoms with Crippen LogP contribution in [0.3, 0.4) is 0 Å². The largest absolute Gasteiger partial charge is 0.504 e. The lowest BCUT2D eigenvalue weighted by molar-refractivity contribution is 0.160. The Hall–Kier alpha value is -1.22. The van der Waals surface area contributed by atoms with Crippen LogP contribution in [0.2, 0.25) is 0 Å². The molecule has 0 aliphatic carbocycles. The van der Waals surface area contributed by atoms with Crippen LogP contribution in [-0.4, -0.2) is 15.3 Å². The van der Waals surface area contributed by atoms with Gasteiger partial charge in [0.1, 0.15) is 0 Å². The van der Waals surface area contributed by atoms with Crippen molar-refractivity contribution in [1.82, 2.24) is 0 Å². The molecule has 3 heteroatoms. The van der Waals surface area contributed by atoms with Gasteiger partial charge in [-0.3, -0.25) is 0 Å². The second kappa shape index (κ2) is 4.86. The van der Waals surface area contributed by atoms with Crippen LogP contribution < -0.4 is 0 Å². The molecular formula is C11H16O3. The maximum atomic E-state index is 9.69. The third kappa shape index (κ3) is 2.39. The average molecular weight is 196 g/mol. The zero-order valence-corrected chi connectivity index (χ0v) is 8.27. The summed E-state index contributed by atoms with van der Waals surface area (Å²) in [6.07, 6.45) is 1.81. The summed E-state index contributed by atoms with van der Waals surface area (Å²) in [6, 6.07) is 4.63. The van der Waals surface area contributed by atoms with Gasteiger partial charge in [-0.05, 0) is 12.5 Å². The molecule has 1 unspecified atom stereocenters. The van der Waals surface area contributed by atoms with Crippen LogP contribution in [-0.2, 0) is 0 Å². The van der Waals surface area contributed by atoms with Crippen LogP contribution in [0.4, 0.5) is 0 Å². The van der Waals surface area contributed by atoms with E-state index in [1.165, 1.54) is 6.07 Å². The van der Waals surface area contributed by atoms with Crippen LogP contribution in [0.1, 0.15) is 37.9 Å². The second-order valence-corrected chi connectivity index (χ2v) is 3.37. The minimum atomic E-state index is -0.693. The molecule has 0 spiro atoms. The first-order chi connectivity index (χ1) is 6.66. The van der Waals surface area contributed by atoms with Gasteiger partial charge in [-0.25, -0.2) is 0 Å². The van der Waals surface area contributed by atoms with Crippen molar-refractivity contribution in [2.75, 3.05) is 0 Å². The molecule has 0 saturated carbocycles. The van der Waals surface area contributed by atoms with Crippen molar-refractivity contribution in [3.63, 3.8) is 0 Å². The Morgan fingerprint density at radius 2 is 2.00 bits per heavy atom. The highest BCUT2D eigenvalue weighted by Crippen LogP contribution is 2.34. The van der Waals surface area contributed by atoms with Crippen molar-refractivity contribution in [3.8, 4) is 11.5 Å². The monoisotopic (exact) mass is 196 g/mol. The molecule has 0 amide bonds. The predicted molar refractivity (Wildman–Crippen MR) is 54.3 cm³/mol. The Morgan fingerprint density at radius 3 is 2.64 bits per heavy atom. The van der Waals surface area contributed by atoms with Gasteiger partial charge in [0.15, 0.2) is 11.5 Å². The highest BCUT2D eigenvalue weighted by atomic mass is 16.3. The fourth-order valence-corrected chi connectivity index (χ4v) is 1.37. The molecule has 0 aliphatic rings. The number of aliphatic hydroxyl groups excluding tert-OH is 1. The zero-order chi connectivity index (χ0) is 10.6. The van der Waals surface area contributed by atoms with Gasteiger partial charge >= 0.3 is 0 Å². The lowest BCUT2D eigenvalue weighted by Gasteiger charge is -2.12. The number of aliphatic hydroxyl groups is 1. The Morgan fingerprint density at radius 1 is 1.29 bits per heavy atom. The Labute approximate surface area is 83.6 Å². The predicted octanol–water partition coefficient (Wildman–Crippen LogP) is 2.32. The fourth-order valence-electron chi connectivity index (χ4n) is 1.37. The van der Waals surface area contributed by atoms with Crippen molar-refractivity contribution >= 4 is 0 Å². The number of phenols is 2. The molecular weight excluding hydrogens is 180 g/mol. The molecule has 3 nitrogen and oxygen atoms in total. The van der Waals surface area contributed by atoms with Gasteiger partial charge in [0, 0.05) is 5.56 Å². The van der Waals surface area contributed by atoms with Gasteiger partial charge in [-0.2, -0.15) is 0 Å². The molecule has 0 saturated heterocycles. The van der Waals surface area contributed by atoms with Gasteiger partial charge < -0.3 is 15.3 Å². The molecule has 0 heterocycles. The zero-order valence-electron chi connectivity index (χ0n) is 8.27. The maximum absolute atomic E-state index is 9.69. The second-order valence-electron chi connectivity index (χ2n) is 3.37. The first kappa shape index (κ1) is 10.9. The number of benzene rings is 1. The first-order valence-corrected chi connectivity index (χ1v) is 4.85. The van der Waals surface area contributed by atoms with Gasteiger partial charge in [-0.1, -0.05) is 31.9 Å². The molecule has 0 fully saturated rings. The minimum absolute atomic E-state index is 0.182. The summed E-state index contributed by atoms with van der Waals surface area (Å²) < 4.78 is 0. The van der Waals surface area contributed by atoms with Crippen molar-refractivity contribution < 1.29 is 15.3 Å². The summed E-state index contributed by atoms with van der Waals surface area (Å²) in [5.74, 6) is -0.394. The van der Waals surface area contributed by atoms with E-state index in [-0.39, 0.29) is 11.5 Å². The Kier molecular flexibility index (Phi) is 3.77. The quantitative estimate of drug-likeness (QED) is 0.648. The van der Waals surface area contributed by atoms with Crippen LogP contribution in [0.5, 0.6) is 11.5 Å². The third-order valence-electron chi connectivity index (χ3n) is 2.24. The van der Waals surface area contributed by atoms with Gasteiger partial charge in [0.25, 0.3) is 0 Å². The van der Waals surface area contributed by atoms with E-state index in [4.69, 9.17) is 0 Å².